The van der Waals surface area contributed by atoms with Gasteiger partial charge in [-0.15, -0.1) is 0 Å². The maximum atomic E-state index is 10.8. The summed E-state index contributed by atoms with van der Waals surface area (Å²) < 4.78 is 16.3. The summed E-state index contributed by atoms with van der Waals surface area (Å²) in [7, 11) is 0. The van der Waals surface area contributed by atoms with Crippen molar-refractivity contribution in [3.05, 3.63) is 28.7 Å². The minimum Gasteiger partial charge on any atom is -0.483 e. The quantitative estimate of drug-likeness (QED) is 0.749. The fourth-order valence-corrected chi connectivity index (χ4v) is 1.51. The van der Waals surface area contributed by atoms with E-state index in [2.05, 4.69) is 15.9 Å². The number of esters is 2. The van der Waals surface area contributed by atoms with E-state index in [9.17, 15) is 9.59 Å². The van der Waals surface area contributed by atoms with Gasteiger partial charge in [-0.1, -0.05) is 15.9 Å². The smallest absolute Gasteiger partial charge is 0.302 e. The minimum atomic E-state index is -0.533. The Morgan fingerprint density at radius 3 is 1.95 bits per heavy atom. The molecule has 19 heavy (non-hydrogen) atoms. The molecule has 104 valence electrons. The van der Waals surface area contributed by atoms with Gasteiger partial charge in [0, 0.05) is 18.3 Å². The molecule has 0 spiro atoms. The first-order valence-electron chi connectivity index (χ1n) is 5.66. The van der Waals surface area contributed by atoms with Crippen molar-refractivity contribution in [1.82, 2.24) is 0 Å². The molecular weight excluding hydrogens is 316 g/mol. The molecule has 0 aromatic heterocycles. The van der Waals surface area contributed by atoms with E-state index in [1.807, 2.05) is 12.1 Å². The highest BCUT2D eigenvalue weighted by Crippen LogP contribution is 2.17. The van der Waals surface area contributed by atoms with E-state index < -0.39 is 18.0 Å². The zero-order valence-electron chi connectivity index (χ0n) is 10.7. The molecule has 0 radical (unpaired) electrons. The van der Waals surface area contributed by atoms with Gasteiger partial charge < -0.3 is 14.2 Å². The second kappa shape index (κ2) is 7.78. The van der Waals surface area contributed by atoms with Gasteiger partial charge in [0.2, 0.25) is 0 Å². The molecule has 0 bridgehead atoms. The van der Waals surface area contributed by atoms with E-state index in [1.165, 1.54) is 13.8 Å². The van der Waals surface area contributed by atoms with Gasteiger partial charge >= 0.3 is 11.9 Å². The molecule has 0 unspecified atom stereocenters. The second-order valence-corrected chi connectivity index (χ2v) is 4.71. The fraction of sp³-hybridized carbons (Fsp3) is 0.385. The highest BCUT2D eigenvalue weighted by molar-refractivity contribution is 9.10. The van der Waals surface area contributed by atoms with Gasteiger partial charge in [0.15, 0.2) is 6.10 Å². The van der Waals surface area contributed by atoms with Gasteiger partial charge in [-0.05, 0) is 24.3 Å². The third kappa shape index (κ3) is 6.81. The predicted octanol–water partition coefficient (Wildman–Crippen LogP) is 2.32. The average molecular weight is 331 g/mol. The Morgan fingerprint density at radius 2 is 1.53 bits per heavy atom. The fourth-order valence-electron chi connectivity index (χ4n) is 1.24. The number of hydrogen-bond donors (Lipinski definition) is 0. The molecule has 0 amide bonds. The Morgan fingerprint density at radius 1 is 1.05 bits per heavy atom. The van der Waals surface area contributed by atoms with Crippen molar-refractivity contribution in [3.63, 3.8) is 0 Å². The van der Waals surface area contributed by atoms with Crippen molar-refractivity contribution < 1.29 is 23.8 Å². The van der Waals surface area contributed by atoms with Crippen LogP contribution in [0.15, 0.2) is 28.7 Å². The number of carbonyl (C=O) groups is 2. The van der Waals surface area contributed by atoms with Gasteiger partial charge in [0.25, 0.3) is 0 Å². The molecule has 0 saturated heterocycles. The standard InChI is InChI=1S/C13H15BrO5/c1-9(15)17-7-13(8-18-10(2)16)19-12-5-3-11(14)4-6-12/h3-6,13H,7-8H2,1-2H3. The van der Waals surface area contributed by atoms with E-state index in [-0.39, 0.29) is 13.2 Å². The summed E-state index contributed by atoms with van der Waals surface area (Å²) in [5.41, 5.74) is 0. The summed E-state index contributed by atoms with van der Waals surface area (Å²) in [6.07, 6.45) is -0.533. The van der Waals surface area contributed by atoms with Crippen LogP contribution in [-0.2, 0) is 19.1 Å². The van der Waals surface area contributed by atoms with Crippen LogP contribution in [0.4, 0.5) is 0 Å². The third-order valence-corrected chi connectivity index (χ3v) is 2.59. The summed E-state index contributed by atoms with van der Waals surface area (Å²) in [6, 6.07) is 7.17. The Bertz CT molecular complexity index is 411. The first-order valence-corrected chi connectivity index (χ1v) is 6.45. The monoisotopic (exact) mass is 330 g/mol. The lowest BCUT2D eigenvalue weighted by atomic mass is 10.3. The normalized spacial score (nSPS) is 10.1. The van der Waals surface area contributed by atoms with Crippen LogP contribution in [0.2, 0.25) is 0 Å². The lowest BCUT2D eigenvalue weighted by Crippen LogP contribution is -2.30. The average Bonchev–Trinajstić information content (AvgIpc) is 2.35. The van der Waals surface area contributed by atoms with Crippen molar-refractivity contribution in [2.45, 2.75) is 20.0 Å². The van der Waals surface area contributed by atoms with Gasteiger partial charge in [0.05, 0.1) is 0 Å². The molecule has 0 atom stereocenters. The van der Waals surface area contributed by atoms with Crippen LogP contribution in [0, 0.1) is 0 Å². The summed E-state index contributed by atoms with van der Waals surface area (Å²) in [4.78, 5) is 21.6. The molecule has 0 aliphatic heterocycles. The van der Waals surface area contributed by atoms with Crippen LogP contribution in [0.5, 0.6) is 5.75 Å². The maximum absolute atomic E-state index is 10.8. The van der Waals surface area contributed by atoms with Crippen LogP contribution >= 0.6 is 15.9 Å². The third-order valence-electron chi connectivity index (χ3n) is 2.06. The highest BCUT2D eigenvalue weighted by atomic mass is 79.9. The number of halogens is 1. The first kappa shape index (κ1) is 15.5. The molecule has 0 fully saturated rings. The lowest BCUT2D eigenvalue weighted by Gasteiger charge is -2.18. The largest absolute Gasteiger partial charge is 0.483 e. The van der Waals surface area contributed by atoms with Crippen LogP contribution in [-0.4, -0.2) is 31.3 Å². The van der Waals surface area contributed by atoms with E-state index in [0.717, 1.165) is 4.47 Å². The molecule has 5 nitrogen and oxygen atoms in total. The molecule has 0 aliphatic rings. The van der Waals surface area contributed by atoms with Gasteiger partial charge in [-0.2, -0.15) is 0 Å². The van der Waals surface area contributed by atoms with Crippen molar-refractivity contribution in [3.8, 4) is 5.75 Å². The predicted molar refractivity (Wildman–Crippen MR) is 71.8 cm³/mol. The number of carbonyl (C=O) groups excluding carboxylic acids is 2. The van der Waals surface area contributed by atoms with Crippen molar-refractivity contribution in [2.75, 3.05) is 13.2 Å². The van der Waals surface area contributed by atoms with E-state index >= 15 is 0 Å². The number of ether oxygens (including phenoxy) is 3. The van der Waals surface area contributed by atoms with Gasteiger partial charge in [-0.25, -0.2) is 0 Å². The molecule has 1 aromatic carbocycles. The number of hydrogen-bond acceptors (Lipinski definition) is 5. The number of rotatable bonds is 6. The van der Waals surface area contributed by atoms with Gasteiger partial charge in [-0.3, -0.25) is 9.59 Å². The van der Waals surface area contributed by atoms with Crippen molar-refractivity contribution in [2.24, 2.45) is 0 Å². The SMILES string of the molecule is CC(=O)OCC(COC(C)=O)Oc1ccc(Br)cc1. The van der Waals surface area contributed by atoms with Gasteiger partial charge in [0.1, 0.15) is 19.0 Å². The molecule has 0 N–H and O–H groups in total. The highest BCUT2D eigenvalue weighted by Gasteiger charge is 2.14. The van der Waals surface area contributed by atoms with Crippen LogP contribution in [0.25, 0.3) is 0 Å². The summed E-state index contributed by atoms with van der Waals surface area (Å²) >= 11 is 3.32. The molecule has 1 rings (SSSR count). The molecule has 6 heteroatoms. The van der Waals surface area contributed by atoms with Crippen LogP contribution in [0.1, 0.15) is 13.8 Å². The molecule has 0 aliphatic carbocycles. The van der Waals surface area contributed by atoms with E-state index in [4.69, 9.17) is 14.2 Å². The molecular formula is C13H15BrO5. The van der Waals surface area contributed by atoms with E-state index in [1.54, 1.807) is 12.1 Å². The molecule has 0 heterocycles. The lowest BCUT2D eigenvalue weighted by molar-refractivity contribution is -0.148. The Hall–Kier alpha value is -1.56. The summed E-state index contributed by atoms with van der Waals surface area (Å²) in [5.74, 6) is -0.216. The zero-order valence-corrected chi connectivity index (χ0v) is 12.3. The van der Waals surface area contributed by atoms with Crippen molar-refractivity contribution in [1.29, 1.82) is 0 Å². The zero-order chi connectivity index (χ0) is 14.3. The minimum absolute atomic E-state index is 0.0265. The Kier molecular flexibility index (Phi) is 6.35. The maximum Gasteiger partial charge on any atom is 0.302 e. The van der Waals surface area contributed by atoms with Crippen LogP contribution in [0.3, 0.4) is 0 Å². The van der Waals surface area contributed by atoms with Crippen LogP contribution < -0.4 is 4.74 Å². The second-order valence-electron chi connectivity index (χ2n) is 3.80. The Balaban J connectivity index is 2.58. The topological polar surface area (TPSA) is 61.8 Å². The van der Waals surface area contributed by atoms with E-state index in [0.29, 0.717) is 5.75 Å². The Labute approximate surface area is 120 Å². The van der Waals surface area contributed by atoms with Crippen molar-refractivity contribution >= 4 is 27.9 Å². The number of benzene rings is 1. The first-order chi connectivity index (χ1) is 8.97. The summed E-state index contributed by atoms with van der Waals surface area (Å²) in [6.45, 7) is 2.67. The molecule has 1 aromatic rings. The summed E-state index contributed by atoms with van der Waals surface area (Å²) in [5, 5.41) is 0. The molecule has 0 saturated carbocycles.